The topological polar surface area (TPSA) is 63.0 Å². The van der Waals surface area contributed by atoms with E-state index in [4.69, 9.17) is 12.2 Å². The number of nitrogens with one attached hydrogen (secondary N) is 1. The summed E-state index contributed by atoms with van der Waals surface area (Å²) in [5.41, 5.74) is 1.65. The third kappa shape index (κ3) is 2.54. The second-order valence-corrected chi connectivity index (χ2v) is 3.81. The first kappa shape index (κ1) is 11.4. The Morgan fingerprint density at radius 1 is 1.47 bits per heavy atom. The summed E-state index contributed by atoms with van der Waals surface area (Å²) in [7, 11) is 0. The number of nitrogens with zero attached hydrogens (tertiary/aromatic N) is 3. The maximum atomic E-state index is 11.4. The van der Waals surface area contributed by atoms with E-state index in [9.17, 15) is 4.79 Å². The van der Waals surface area contributed by atoms with Crippen LogP contribution in [0.4, 0.5) is 0 Å². The fourth-order valence-electron chi connectivity index (χ4n) is 1.31. The molecule has 0 spiro atoms. The zero-order chi connectivity index (χ0) is 12.3. The molecule has 0 saturated heterocycles. The van der Waals surface area contributed by atoms with Gasteiger partial charge in [0.25, 0.3) is 5.56 Å². The van der Waals surface area contributed by atoms with E-state index < -0.39 is 0 Å². The Bertz CT molecular complexity index is 643. The van der Waals surface area contributed by atoms with Gasteiger partial charge in [0.2, 0.25) is 4.77 Å². The lowest BCUT2D eigenvalue weighted by Gasteiger charge is -1.99. The van der Waals surface area contributed by atoms with Crippen molar-refractivity contribution < 1.29 is 0 Å². The highest BCUT2D eigenvalue weighted by atomic mass is 32.1. The van der Waals surface area contributed by atoms with Crippen LogP contribution in [0.1, 0.15) is 11.1 Å². The molecule has 1 aromatic heterocycles. The largest absolute Gasteiger partial charge is 0.293 e. The SMILES string of the molecule is Cc1ccccc1/C=N/n1c(=O)cn[nH]c1=S. The van der Waals surface area contributed by atoms with Crippen molar-refractivity contribution in [3.63, 3.8) is 0 Å². The molecule has 2 rings (SSSR count). The van der Waals surface area contributed by atoms with Crippen molar-refractivity contribution in [3.05, 3.63) is 56.7 Å². The first-order chi connectivity index (χ1) is 8.18. The standard InChI is InChI=1S/C11H10N4OS/c1-8-4-2-3-5-9(8)6-13-15-10(16)7-12-14-11(15)17/h2-7H,1H3,(H,14,17)/b13-6+. The quantitative estimate of drug-likeness (QED) is 0.645. The van der Waals surface area contributed by atoms with E-state index in [0.29, 0.717) is 0 Å². The maximum absolute atomic E-state index is 11.4. The second kappa shape index (κ2) is 4.84. The van der Waals surface area contributed by atoms with Crippen LogP contribution in [0.5, 0.6) is 0 Å². The molecule has 0 aliphatic rings. The Hall–Kier alpha value is -2.08. The van der Waals surface area contributed by atoms with Gasteiger partial charge >= 0.3 is 0 Å². The number of hydrogen-bond donors (Lipinski definition) is 1. The predicted octanol–water partition coefficient (Wildman–Crippen LogP) is 1.49. The summed E-state index contributed by atoms with van der Waals surface area (Å²) in [6.45, 7) is 1.97. The van der Waals surface area contributed by atoms with Gasteiger partial charge < -0.3 is 0 Å². The van der Waals surface area contributed by atoms with Gasteiger partial charge in [0.05, 0.1) is 6.21 Å². The third-order valence-corrected chi connectivity index (χ3v) is 2.50. The van der Waals surface area contributed by atoms with Gasteiger partial charge in [-0.1, -0.05) is 24.3 Å². The summed E-state index contributed by atoms with van der Waals surface area (Å²) in [5, 5.41) is 10.1. The number of rotatable bonds is 2. The molecule has 5 nitrogen and oxygen atoms in total. The molecule has 0 aliphatic carbocycles. The maximum Gasteiger partial charge on any atom is 0.293 e. The lowest BCUT2D eigenvalue weighted by molar-refractivity contribution is 0.738. The molecule has 0 aliphatic heterocycles. The number of aromatic nitrogens is 3. The third-order valence-electron chi connectivity index (χ3n) is 2.24. The summed E-state index contributed by atoms with van der Waals surface area (Å²) < 4.78 is 1.26. The highest BCUT2D eigenvalue weighted by Crippen LogP contribution is 2.03. The fourth-order valence-corrected chi connectivity index (χ4v) is 1.50. The van der Waals surface area contributed by atoms with E-state index in [0.717, 1.165) is 22.0 Å². The monoisotopic (exact) mass is 246 g/mol. The van der Waals surface area contributed by atoms with E-state index in [1.54, 1.807) is 6.21 Å². The number of aryl methyl sites for hydroxylation is 1. The van der Waals surface area contributed by atoms with Crippen LogP contribution in [-0.2, 0) is 0 Å². The van der Waals surface area contributed by atoms with E-state index in [-0.39, 0.29) is 10.3 Å². The average molecular weight is 246 g/mol. The van der Waals surface area contributed by atoms with Gasteiger partial charge in [-0.25, -0.2) is 0 Å². The molecule has 0 unspecified atom stereocenters. The minimum atomic E-state index is -0.362. The van der Waals surface area contributed by atoms with Gasteiger partial charge in [0.15, 0.2) is 0 Å². The van der Waals surface area contributed by atoms with Gasteiger partial charge in [-0.2, -0.15) is 14.9 Å². The van der Waals surface area contributed by atoms with Crippen molar-refractivity contribution in [2.75, 3.05) is 0 Å². The van der Waals surface area contributed by atoms with Crippen LogP contribution in [0.15, 0.2) is 40.4 Å². The molecule has 1 aromatic carbocycles. The first-order valence-electron chi connectivity index (χ1n) is 4.95. The highest BCUT2D eigenvalue weighted by molar-refractivity contribution is 7.71. The van der Waals surface area contributed by atoms with Crippen LogP contribution in [-0.4, -0.2) is 21.1 Å². The van der Waals surface area contributed by atoms with Gasteiger partial charge in [-0.3, -0.25) is 9.89 Å². The Morgan fingerprint density at radius 2 is 2.24 bits per heavy atom. The van der Waals surface area contributed by atoms with E-state index in [1.807, 2.05) is 31.2 Å². The molecular formula is C11H10N4OS. The molecule has 0 atom stereocenters. The molecule has 1 N–H and O–H groups in total. The van der Waals surface area contributed by atoms with Crippen molar-refractivity contribution >= 4 is 18.4 Å². The number of hydrogen-bond acceptors (Lipinski definition) is 4. The van der Waals surface area contributed by atoms with E-state index in [2.05, 4.69) is 15.3 Å². The molecule has 17 heavy (non-hydrogen) atoms. The zero-order valence-electron chi connectivity index (χ0n) is 9.12. The van der Waals surface area contributed by atoms with Crippen molar-refractivity contribution in [1.29, 1.82) is 0 Å². The van der Waals surface area contributed by atoms with Gasteiger partial charge in [-0.05, 0) is 30.3 Å². The lowest BCUT2D eigenvalue weighted by atomic mass is 10.1. The van der Waals surface area contributed by atoms with Crippen molar-refractivity contribution in [2.45, 2.75) is 6.92 Å². The van der Waals surface area contributed by atoms with Crippen molar-refractivity contribution in [3.8, 4) is 0 Å². The fraction of sp³-hybridized carbons (Fsp3) is 0.0909. The minimum Gasteiger partial charge on any atom is -0.265 e. The molecule has 2 aromatic rings. The molecule has 1 heterocycles. The smallest absolute Gasteiger partial charge is 0.265 e. The van der Waals surface area contributed by atoms with Crippen LogP contribution >= 0.6 is 12.2 Å². The summed E-state index contributed by atoms with van der Waals surface area (Å²) in [5.74, 6) is 0. The van der Waals surface area contributed by atoms with Gasteiger partial charge in [0.1, 0.15) is 6.20 Å². The first-order valence-corrected chi connectivity index (χ1v) is 5.36. The van der Waals surface area contributed by atoms with Crippen LogP contribution < -0.4 is 5.56 Å². The lowest BCUT2D eigenvalue weighted by Crippen LogP contribution is -2.18. The van der Waals surface area contributed by atoms with Crippen LogP contribution in [0.3, 0.4) is 0 Å². The molecule has 0 amide bonds. The van der Waals surface area contributed by atoms with Crippen LogP contribution in [0.2, 0.25) is 0 Å². The number of benzene rings is 1. The molecule has 86 valence electrons. The van der Waals surface area contributed by atoms with Gasteiger partial charge in [-0.15, -0.1) is 0 Å². The predicted molar refractivity (Wildman–Crippen MR) is 67.9 cm³/mol. The Labute approximate surface area is 102 Å². The average Bonchev–Trinajstić information content (AvgIpc) is 2.30. The molecule has 0 fully saturated rings. The summed E-state index contributed by atoms with van der Waals surface area (Å²) in [6.07, 6.45) is 2.73. The minimum absolute atomic E-state index is 0.169. The van der Waals surface area contributed by atoms with Gasteiger partial charge in [0, 0.05) is 0 Å². The van der Waals surface area contributed by atoms with Crippen LogP contribution in [0.25, 0.3) is 0 Å². The Balaban J connectivity index is 2.43. The molecule has 6 heteroatoms. The molecule has 0 radical (unpaired) electrons. The normalized spacial score (nSPS) is 10.9. The van der Waals surface area contributed by atoms with Crippen molar-refractivity contribution in [2.24, 2.45) is 5.10 Å². The van der Waals surface area contributed by atoms with E-state index >= 15 is 0 Å². The number of aromatic amines is 1. The molecule has 0 bridgehead atoms. The van der Waals surface area contributed by atoms with Crippen LogP contribution in [0, 0.1) is 11.7 Å². The second-order valence-electron chi connectivity index (χ2n) is 3.43. The molecule has 0 saturated carbocycles. The van der Waals surface area contributed by atoms with Crippen molar-refractivity contribution in [1.82, 2.24) is 14.9 Å². The summed E-state index contributed by atoms with van der Waals surface area (Å²) >= 11 is 4.92. The summed E-state index contributed by atoms with van der Waals surface area (Å²) in [4.78, 5) is 11.4. The Morgan fingerprint density at radius 3 is 2.94 bits per heavy atom. The summed E-state index contributed by atoms with van der Waals surface area (Å²) in [6, 6.07) is 7.73. The highest BCUT2D eigenvalue weighted by Gasteiger charge is 1.96. The van der Waals surface area contributed by atoms with E-state index in [1.165, 1.54) is 0 Å². The number of H-pyrrole nitrogens is 1. The Kier molecular flexibility index (Phi) is 3.24. The zero-order valence-corrected chi connectivity index (χ0v) is 9.94. The molecular weight excluding hydrogens is 236 g/mol.